The highest BCUT2D eigenvalue weighted by molar-refractivity contribution is 5.85. The van der Waals surface area contributed by atoms with Crippen LogP contribution in [0.5, 0.6) is 0 Å². The number of carbonyl (C=O) groups excluding carboxylic acids is 1. The van der Waals surface area contributed by atoms with E-state index in [9.17, 15) is 4.79 Å². The number of likely N-dealkylation sites (N-methyl/N-ethyl adjacent to an activating group) is 1. The number of rotatable bonds is 6. The Morgan fingerprint density at radius 2 is 1.62 bits per heavy atom. The van der Waals surface area contributed by atoms with Crippen molar-refractivity contribution in [3.8, 4) is 0 Å². The fraction of sp³-hybridized carbons (Fsp3) is 0.583. The van der Waals surface area contributed by atoms with Crippen molar-refractivity contribution in [1.82, 2.24) is 19.9 Å². The molecule has 2 aliphatic carbocycles. The van der Waals surface area contributed by atoms with Gasteiger partial charge in [-0.1, -0.05) is 6.07 Å². The van der Waals surface area contributed by atoms with Gasteiger partial charge in [-0.15, -0.1) is 0 Å². The summed E-state index contributed by atoms with van der Waals surface area (Å²) in [6.45, 7) is 0.849. The molecule has 1 unspecified atom stereocenters. The van der Waals surface area contributed by atoms with Crippen LogP contribution in [0.1, 0.15) is 73.0 Å². The van der Waals surface area contributed by atoms with Gasteiger partial charge in [-0.2, -0.15) is 0 Å². The first kappa shape index (κ1) is 18.7. The minimum atomic E-state index is 0.00344. The third-order valence-electron chi connectivity index (χ3n) is 7.07. The highest BCUT2D eigenvalue weighted by Gasteiger charge is 2.31. The summed E-state index contributed by atoms with van der Waals surface area (Å²) in [6, 6.07) is 4.25. The molecule has 1 saturated heterocycles. The average Bonchev–Trinajstić information content (AvgIpc) is 3.42. The molecule has 3 aliphatic rings. The molecular formula is C24H30N4O. The van der Waals surface area contributed by atoms with E-state index in [0.717, 1.165) is 48.8 Å². The lowest BCUT2D eigenvalue weighted by Crippen LogP contribution is -2.21. The summed E-state index contributed by atoms with van der Waals surface area (Å²) in [5.41, 5.74) is 3.54. The largest absolute Gasteiger partial charge is 0.345 e. The number of likely N-dealkylation sites (tertiary alicyclic amines) is 1. The van der Waals surface area contributed by atoms with E-state index < -0.39 is 0 Å². The molecule has 1 aliphatic heterocycles. The molecule has 0 spiro atoms. The second kappa shape index (κ2) is 7.85. The van der Waals surface area contributed by atoms with Crippen LogP contribution in [0.4, 0.5) is 0 Å². The molecule has 2 aromatic rings. The first-order chi connectivity index (χ1) is 14.2. The van der Waals surface area contributed by atoms with Gasteiger partial charge in [0, 0.05) is 44.3 Å². The lowest BCUT2D eigenvalue weighted by atomic mass is 9.96. The normalized spacial score (nSPS) is 27.0. The van der Waals surface area contributed by atoms with Gasteiger partial charge in [-0.3, -0.25) is 9.78 Å². The number of hydrogen-bond donors (Lipinski definition) is 0. The second-order valence-electron chi connectivity index (χ2n) is 9.34. The lowest BCUT2D eigenvalue weighted by molar-refractivity contribution is -0.127. The van der Waals surface area contributed by atoms with Gasteiger partial charge in [-0.05, 0) is 79.9 Å². The smallest absolute Gasteiger partial charge is 0.229 e. The van der Waals surface area contributed by atoms with Crippen molar-refractivity contribution >= 4 is 5.91 Å². The molecule has 3 heterocycles. The maximum Gasteiger partial charge on any atom is 0.229 e. The van der Waals surface area contributed by atoms with Crippen LogP contribution in [0.2, 0.25) is 0 Å². The highest BCUT2D eigenvalue weighted by atomic mass is 16.2. The molecule has 152 valence electrons. The number of nitrogens with zero attached hydrogens (tertiary/aromatic N) is 4. The summed E-state index contributed by atoms with van der Waals surface area (Å²) in [5, 5.41) is 0. The van der Waals surface area contributed by atoms with Crippen molar-refractivity contribution in [3.05, 3.63) is 53.4 Å². The number of aromatic nitrogens is 3. The van der Waals surface area contributed by atoms with E-state index >= 15 is 0 Å². The molecule has 0 aromatic carbocycles. The maximum absolute atomic E-state index is 12.2. The third-order valence-corrected chi connectivity index (χ3v) is 7.07. The minimum absolute atomic E-state index is 0.00344. The molecule has 5 nitrogen and oxygen atoms in total. The van der Waals surface area contributed by atoms with E-state index in [1.165, 1.54) is 37.7 Å². The molecular weight excluding hydrogens is 360 g/mol. The maximum atomic E-state index is 12.2. The van der Waals surface area contributed by atoms with Crippen molar-refractivity contribution in [2.24, 2.45) is 11.8 Å². The fourth-order valence-corrected chi connectivity index (χ4v) is 5.10. The summed E-state index contributed by atoms with van der Waals surface area (Å²) in [6.07, 6.45) is 15.3. The van der Waals surface area contributed by atoms with Gasteiger partial charge in [0.25, 0.3) is 0 Å². The van der Waals surface area contributed by atoms with Gasteiger partial charge in [0.15, 0.2) is 0 Å². The molecule has 3 atom stereocenters. The van der Waals surface area contributed by atoms with Gasteiger partial charge in [0.05, 0.1) is 5.92 Å². The first-order valence-electron chi connectivity index (χ1n) is 11.2. The number of amides is 1. The monoisotopic (exact) mass is 390 g/mol. The summed E-state index contributed by atoms with van der Waals surface area (Å²) in [4.78, 5) is 27.9. The highest BCUT2D eigenvalue weighted by Crippen LogP contribution is 2.39. The van der Waals surface area contributed by atoms with E-state index in [-0.39, 0.29) is 11.8 Å². The summed E-state index contributed by atoms with van der Waals surface area (Å²) in [7, 11) is 1.88. The zero-order chi connectivity index (χ0) is 19.8. The zero-order valence-electron chi connectivity index (χ0n) is 17.3. The Kier molecular flexibility index (Phi) is 5.06. The molecule has 2 aromatic heterocycles. The van der Waals surface area contributed by atoms with E-state index in [4.69, 9.17) is 4.98 Å². The average molecular weight is 391 g/mol. The van der Waals surface area contributed by atoms with Crippen molar-refractivity contribution in [1.29, 1.82) is 0 Å². The summed E-state index contributed by atoms with van der Waals surface area (Å²) in [5.74, 6) is 3.36. The Hall–Kier alpha value is -2.30. The van der Waals surface area contributed by atoms with Crippen molar-refractivity contribution in [2.45, 2.75) is 63.2 Å². The van der Waals surface area contributed by atoms with Gasteiger partial charge in [0.1, 0.15) is 5.82 Å². The second-order valence-corrected chi connectivity index (χ2v) is 9.34. The molecule has 0 bridgehead atoms. The summed E-state index contributed by atoms with van der Waals surface area (Å²) < 4.78 is 0. The van der Waals surface area contributed by atoms with Gasteiger partial charge in [0.2, 0.25) is 5.91 Å². The van der Waals surface area contributed by atoms with Crippen LogP contribution in [-0.2, 0) is 17.6 Å². The van der Waals surface area contributed by atoms with Crippen molar-refractivity contribution in [2.75, 3.05) is 13.6 Å². The van der Waals surface area contributed by atoms with Crippen LogP contribution in [0.15, 0.2) is 30.7 Å². The Labute approximate surface area is 173 Å². The standard InChI is InChI=1S/C24H30N4O/c1-28-9-8-22(24(28)29)19-6-7-21(25-13-19)11-16-2-3-17(10-16)12-23-26-14-20(15-27-23)18-4-5-18/h6-7,13-18,22H,2-5,8-12H2,1H3/t16-,17-,22?/m0/s1. The summed E-state index contributed by atoms with van der Waals surface area (Å²) >= 11 is 0. The number of carbonyl (C=O) groups is 1. The Morgan fingerprint density at radius 3 is 2.24 bits per heavy atom. The van der Waals surface area contributed by atoms with Gasteiger partial charge >= 0.3 is 0 Å². The van der Waals surface area contributed by atoms with E-state index in [0.29, 0.717) is 11.8 Å². The Morgan fingerprint density at radius 1 is 0.897 bits per heavy atom. The molecule has 2 saturated carbocycles. The fourth-order valence-electron chi connectivity index (χ4n) is 5.10. The molecule has 0 N–H and O–H groups in total. The van der Waals surface area contributed by atoms with E-state index in [1.54, 1.807) is 0 Å². The van der Waals surface area contributed by atoms with Gasteiger partial charge < -0.3 is 4.90 Å². The van der Waals surface area contributed by atoms with Crippen LogP contribution in [0.25, 0.3) is 0 Å². The lowest BCUT2D eigenvalue weighted by Gasteiger charge is -2.13. The molecule has 0 radical (unpaired) electrons. The van der Waals surface area contributed by atoms with Gasteiger partial charge in [-0.25, -0.2) is 9.97 Å². The number of pyridine rings is 1. The van der Waals surface area contributed by atoms with E-state index in [2.05, 4.69) is 22.1 Å². The van der Waals surface area contributed by atoms with Crippen LogP contribution >= 0.6 is 0 Å². The number of hydrogen-bond acceptors (Lipinski definition) is 4. The van der Waals surface area contributed by atoms with Crippen molar-refractivity contribution in [3.63, 3.8) is 0 Å². The van der Waals surface area contributed by atoms with Crippen molar-refractivity contribution < 1.29 is 4.79 Å². The molecule has 5 rings (SSSR count). The minimum Gasteiger partial charge on any atom is -0.345 e. The van der Waals surface area contributed by atoms with Crippen LogP contribution in [0, 0.1) is 11.8 Å². The third kappa shape index (κ3) is 4.19. The quantitative estimate of drug-likeness (QED) is 0.751. The van der Waals surface area contributed by atoms with Crippen LogP contribution < -0.4 is 0 Å². The predicted octanol–water partition coefficient (Wildman–Crippen LogP) is 3.90. The Balaban J connectivity index is 1.13. The molecule has 29 heavy (non-hydrogen) atoms. The van der Waals surface area contributed by atoms with E-state index in [1.807, 2.05) is 30.5 Å². The molecule has 1 amide bonds. The Bertz CT molecular complexity index is 859. The molecule has 5 heteroatoms. The first-order valence-corrected chi connectivity index (χ1v) is 11.2. The molecule has 3 fully saturated rings. The SMILES string of the molecule is CN1CCC(c2ccc(C[C@H]3CC[C@H](Cc4ncc(C5CC5)cn4)C3)nc2)C1=O. The van der Waals surface area contributed by atoms with Crippen LogP contribution in [0.3, 0.4) is 0 Å². The predicted molar refractivity (Wildman–Crippen MR) is 111 cm³/mol. The zero-order valence-corrected chi connectivity index (χ0v) is 17.3. The van der Waals surface area contributed by atoms with Crippen LogP contribution in [-0.4, -0.2) is 39.4 Å². The topological polar surface area (TPSA) is 59.0 Å².